The minimum Gasteiger partial charge on any atom is -0.494 e. The van der Waals surface area contributed by atoms with Crippen molar-refractivity contribution >= 4 is 16.8 Å². The topological polar surface area (TPSA) is 45.3 Å². The number of aromatic nitrogens is 1. The van der Waals surface area contributed by atoms with Crippen molar-refractivity contribution in [3.8, 4) is 5.75 Å². The first-order chi connectivity index (χ1) is 17.4. The van der Waals surface area contributed by atoms with Gasteiger partial charge in [0.05, 0.1) is 17.7 Å². The highest BCUT2D eigenvalue weighted by Crippen LogP contribution is 2.32. The Bertz CT molecular complexity index is 1330. The second-order valence-corrected chi connectivity index (χ2v) is 9.37. The Morgan fingerprint density at radius 2 is 1.69 bits per heavy atom. The van der Waals surface area contributed by atoms with E-state index in [9.17, 15) is 13.6 Å². The van der Waals surface area contributed by atoms with E-state index >= 15 is 0 Å². The number of unbranched alkanes of at least 4 members (excludes halogenated alkanes) is 1. The number of amides is 1. The van der Waals surface area contributed by atoms with Crippen LogP contribution in [0, 0.1) is 11.6 Å². The largest absolute Gasteiger partial charge is 0.494 e. The summed E-state index contributed by atoms with van der Waals surface area (Å²) in [5, 5.41) is 0.815. The molecule has 0 spiro atoms. The molecule has 1 heterocycles. The average molecular weight is 491 g/mol. The Hall–Kier alpha value is -3.67. The van der Waals surface area contributed by atoms with Gasteiger partial charge in [0.25, 0.3) is 5.91 Å². The third kappa shape index (κ3) is 5.76. The summed E-state index contributed by atoms with van der Waals surface area (Å²) >= 11 is 0. The molecule has 0 saturated carbocycles. The number of carbonyl (C=O) groups excluding carboxylic acids is 1. The van der Waals surface area contributed by atoms with Gasteiger partial charge in [0, 0.05) is 30.2 Å². The molecule has 3 aromatic carbocycles. The fraction of sp³-hybridized carbons (Fsp3) is 0.300. The van der Waals surface area contributed by atoms with Crippen LogP contribution in [0.1, 0.15) is 66.7 Å². The Balaban J connectivity index is 1.73. The summed E-state index contributed by atoms with van der Waals surface area (Å²) in [5.74, 6) is -1.17. The second kappa shape index (κ2) is 11.4. The molecule has 0 bridgehead atoms. The lowest BCUT2D eigenvalue weighted by atomic mass is 10.0. The molecule has 1 N–H and O–H groups in total. The van der Waals surface area contributed by atoms with Crippen LogP contribution in [0.15, 0.2) is 66.7 Å². The van der Waals surface area contributed by atoms with Gasteiger partial charge in [0.1, 0.15) is 5.75 Å². The van der Waals surface area contributed by atoms with E-state index in [1.54, 1.807) is 4.90 Å². The van der Waals surface area contributed by atoms with E-state index < -0.39 is 11.6 Å². The molecule has 36 heavy (non-hydrogen) atoms. The maximum absolute atomic E-state index is 14.1. The van der Waals surface area contributed by atoms with Crippen LogP contribution in [0.25, 0.3) is 10.9 Å². The van der Waals surface area contributed by atoms with Crippen molar-refractivity contribution in [2.24, 2.45) is 0 Å². The predicted molar refractivity (Wildman–Crippen MR) is 139 cm³/mol. The SMILES string of the molecule is CCCCOc1ccc2c(C(=O)N(Cc3ccccc3)Cc3ccc(F)c(F)c3)c(C(C)C)[nH]c2c1. The van der Waals surface area contributed by atoms with Crippen molar-refractivity contribution in [1.82, 2.24) is 9.88 Å². The number of aromatic amines is 1. The molecule has 1 aromatic heterocycles. The van der Waals surface area contributed by atoms with Crippen molar-refractivity contribution in [2.45, 2.75) is 52.6 Å². The summed E-state index contributed by atoms with van der Waals surface area (Å²) in [6, 6.07) is 19.2. The normalized spacial score (nSPS) is 11.3. The van der Waals surface area contributed by atoms with Gasteiger partial charge in [-0.05, 0) is 47.7 Å². The minimum atomic E-state index is -0.926. The number of nitrogens with one attached hydrogen (secondary N) is 1. The number of fused-ring (bicyclic) bond motifs is 1. The predicted octanol–water partition coefficient (Wildman–Crippen LogP) is 7.59. The molecule has 4 aromatic rings. The zero-order chi connectivity index (χ0) is 25.7. The van der Waals surface area contributed by atoms with E-state index in [4.69, 9.17) is 4.74 Å². The van der Waals surface area contributed by atoms with Crippen molar-refractivity contribution in [3.05, 3.63) is 101 Å². The van der Waals surface area contributed by atoms with E-state index in [0.717, 1.165) is 52.9 Å². The zero-order valence-corrected chi connectivity index (χ0v) is 21.0. The second-order valence-electron chi connectivity index (χ2n) is 9.37. The fourth-order valence-electron chi connectivity index (χ4n) is 4.30. The molecule has 4 rings (SSSR count). The molecule has 0 atom stereocenters. The van der Waals surface area contributed by atoms with Crippen LogP contribution < -0.4 is 4.74 Å². The number of carbonyl (C=O) groups is 1. The molecule has 6 heteroatoms. The number of nitrogens with zero attached hydrogens (tertiary/aromatic N) is 1. The van der Waals surface area contributed by atoms with E-state index in [1.807, 2.05) is 62.4 Å². The monoisotopic (exact) mass is 490 g/mol. The molecule has 0 fully saturated rings. The molecular formula is C30H32F2N2O2. The third-order valence-corrected chi connectivity index (χ3v) is 6.22. The molecule has 0 aliphatic heterocycles. The van der Waals surface area contributed by atoms with Crippen LogP contribution in [0.4, 0.5) is 8.78 Å². The maximum atomic E-state index is 14.1. The Morgan fingerprint density at radius 3 is 2.39 bits per heavy atom. The van der Waals surface area contributed by atoms with Crippen LogP contribution in [-0.4, -0.2) is 22.4 Å². The average Bonchev–Trinajstić information content (AvgIpc) is 3.25. The van der Waals surface area contributed by atoms with Crippen LogP contribution >= 0.6 is 0 Å². The number of benzene rings is 3. The number of ether oxygens (including phenoxy) is 1. The summed E-state index contributed by atoms with van der Waals surface area (Å²) in [6.07, 6.45) is 2.03. The highest BCUT2D eigenvalue weighted by atomic mass is 19.2. The molecule has 1 amide bonds. The van der Waals surface area contributed by atoms with E-state index in [-0.39, 0.29) is 18.4 Å². The number of H-pyrrole nitrogens is 1. The van der Waals surface area contributed by atoms with E-state index in [2.05, 4.69) is 11.9 Å². The van der Waals surface area contributed by atoms with Gasteiger partial charge in [-0.2, -0.15) is 0 Å². The number of halogens is 2. The van der Waals surface area contributed by atoms with Gasteiger partial charge in [0.15, 0.2) is 11.6 Å². The lowest BCUT2D eigenvalue weighted by Crippen LogP contribution is -2.31. The summed E-state index contributed by atoms with van der Waals surface area (Å²) < 4.78 is 33.4. The number of hydrogen-bond donors (Lipinski definition) is 1. The van der Waals surface area contributed by atoms with Crippen molar-refractivity contribution < 1.29 is 18.3 Å². The van der Waals surface area contributed by atoms with Crippen molar-refractivity contribution in [3.63, 3.8) is 0 Å². The highest BCUT2D eigenvalue weighted by Gasteiger charge is 2.26. The van der Waals surface area contributed by atoms with Crippen molar-refractivity contribution in [1.29, 1.82) is 0 Å². The summed E-state index contributed by atoms with van der Waals surface area (Å²) in [6.45, 7) is 7.32. The van der Waals surface area contributed by atoms with Gasteiger partial charge < -0.3 is 14.6 Å². The quantitative estimate of drug-likeness (QED) is 0.233. The molecule has 0 aliphatic carbocycles. The highest BCUT2D eigenvalue weighted by molar-refractivity contribution is 6.08. The van der Waals surface area contributed by atoms with Gasteiger partial charge in [-0.25, -0.2) is 8.78 Å². The molecule has 4 nitrogen and oxygen atoms in total. The van der Waals surface area contributed by atoms with Gasteiger partial charge in [0.2, 0.25) is 0 Å². The molecule has 188 valence electrons. The van der Waals surface area contributed by atoms with Crippen LogP contribution in [0.3, 0.4) is 0 Å². The standard InChI is InChI=1S/C30H32F2N2O2/c1-4-5-15-36-23-12-13-24-27(17-23)33-29(20(2)3)28(24)30(35)34(18-21-9-7-6-8-10-21)19-22-11-14-25(31)26(32)16-22/h6-14,16-17,20,33H,4-5,15,18-19H2,1-3H3. The molecule has 0 aliphatic rings. The zero-order valence-electron chi connectivity index (χ0n) is 21.0. The van der Waals surface area contributed by atoms with Crippen LogP contribution in [0.5, 0.6) is 5.75 Å². The van der Waals surface area contributed by atoms with Gasteiger partial charge in [-0.15, -0.1) is 0 Å². The fourth-order valence-corrected chi connectivity index (χ4v) is 4.30. The summed E-state index contributed by atoms with van der Waals surface area (Å²) in [4.78, 5) is 19.2. The Kier molecular flexibility index (Phi) is 8.04. The molecule has 0 saturated heterocycles. The molecule has 0 unspecified atom stereocenters. The number of rotatable bonds is 10. The first-order valence-corrected chi connectivity index (χ1v) is 12.4. The molecular weight excluding hydrogens is 458 g/mol. The first kappa shape index (κ1) is 25.4. The van der Waals surface area contributed by atoms with E-state index in [1.165, 1.54) is 6.07 Å². The smallest absolute Gasteiger partial charge is 0.256 e. The van der Waals surface area contributed by atoms with Crippen LogP contribution in [0.2, 0.25) is 0 Å². The Labute approximate surface area is 210 Å². The van der Waals surface area contributed by atoms with Crippen molar-refractivity contribution in [2.75, 3.05) is 6.61 Å². The Morgan fingerprint density at radius 1 is 0.944 bits per heavy atom. The minimum absolute atomic E-state index is 0.0719. The van der Waals surface area contributed by atoms with Gasteiger partial charge >= 0.3 is 0 Å². The first-order valence-electron chi connectivity index (χ1n) is 12.4. The van der Waals surface area contributed by atoms with Crippen LogP contribution in [-0.2, 0) is 13.1 Å². The van der Waals surface area contributed by atoms with Gasteiger partial charge in [-0.1, -0.05) is 63.6 Å². The summed E-state index contributed by atoms with van der Waals surface area (Å²) in [5.41, 5.74) is 3.74. The lowest BCUT2D eigenvalue weighted by Gasteiger charge is -2.24. The maximum Gasteiger partial charge on any atom is 0.256 e. The third-order valence-electron chi connectivity index (χ3n) is 6.22. The van der Waals surface area contributed by atoms with E-state index in [0.29, 0.717) is 24.3 Å². The molecule has 0 radical (unpaired) electrons. The summed E-state index contributed by atoms with van der Waals surface area (Å²) in [7, 11) is 0. The van der Waals surface area contributed by atoms with Gasteiger partial charge in [-0.3, -0.25) is 4.79 Å². The lowest BCUT2D eigenvalue weighted by molar-refractivity contribution is 0.0730. The number of hydrogen-bond acceptors (Lipinski definition) is 2.